The Labute approximate surface area is 60.6 Å². The van der Waals surface area contributed by atoms with E-state index in [0.717, 1.165) is 32.7 Å². The predicted molar refractivity (Wildman–Crippen MR) is 40.0 cm³/mol. The number of hydrogen-bond acceptors (Lipinski definition) is 4. The summed E-state index contributed by atoms with van der Waals surface area (Å²) < 4.78 is 0. The molecule has 0 unspecified atom stereocenters. The lowest BCUT2D eigenvalue weighted by atomic mass is 10.3. The summed E-state index contributed by atoms with van der Waals surface area (Å²) >= 11 is 0. The van der Waals surface area contributed by atoms with Crippen molar-refractivity contribution in [3.8, 4) is 0 Å². The Balaban J connectivity index is 2.07. The molecular formula is C6H13N3O. The van der Waals surface area contributed by atoms with Crippen molar-refractivity contribution in [2.75, 3.05) is 39.3 Å². The van der Waals surface area contributed by atoms with Gasteiger partial charge in [-0.1, -0.05) is 5.18 Å². The summed E-state index contributed by atoms with van der Waals surface area (Å²) in [6.45, 7) is 5.44. The van der Waals surface area contributed by atoms with Gasteiger partial charge in [-0.2, -0.15) is 4.91 Å². The zero-order chi connectivity index (χ0) is 7.23. The zero-order valence-electron chi connectivity index (χ0n) is 6.05. The van der Waals surface area contributed by atoms with Crippen LogP contribution in [-0.4, -0.2) is 44.2 Å². The molecule has 0 amide bonds. The minimum absolute atomic E-state index is 0.431. The van der Waals surface area contributed by atoms with E-state index in [1.807, 2.05) is 0 Å². The van der Waals surface area contributed by atoms with Crippen molar-refractivity contribution >= 4 is 0 Å². The standard InChI is InChI=1S/C6H13N3O/c10-8-3-6-9-4-1-7-2-5-9/h7H,1-6H2. The maximum atomic E-state index is 9.76. The minimum Gasteiger partial charge on any atom is -0.314 e. The first-order valence-corrected chi connectivity index (χ1v) is 3.65. The Morgan fingerprint density at radius 2 is 2.10 bits per heavy atom. The van der Waals surface area contributed by atoms with Crippen LogP contribution in [-0.2, 0) is 0 Å². The number of nitroso groups, excluding NO2 is 1. The van der Waals surface area contributed by atoms with Gasteiger partial charge in [0.1, 0.15) is 0 Å². The number of rotatable bonds is 3. The Hall–Kier alpha value is -0.480. The lowest BCUT2D eigenvalue weighted by molar-refractivity contribution is 0.247. The Morgan fingerprint density at radius 1 is 1.40 bits per heavy atom. The molecule has 1 heterocycles. The van der Waals surface area contributed by atoms with Gasteiger partial charge >= 0.3 is 0 Å². The summed E-state index contributed by atoms with van der Waals surface area (Å²) in [6, 6.07) is 0. The molecule has 1 aliphatic rings. The van der Waals surface area contributed by atoms with Crippen LogP contribution in [0.5, 0.6) is 0 Å². The van der Waals surface area contributed by atoms with Crippen LogP contribution in [0.3, 0.4) is 0 Å². The summed E-state index contributed by atoms with van der Waals surface area (Å²) in [5.41, 5.74) is 0. The van der Waals surface area contributed by atoms with Gasteiger partial charge in [0.25, 0.3) is 0 Å². The lowest BCUT2D eigenvalue weighted by Gasteiger charge is -2.25. The molecule has 0 aromatic rings. The SMILES string of the molecule is O=NCCN1CCNCC1. The van der Waals surface area contributed by atoms with E-state index in [1.54, 1.807) is 0 Å². The van der Waals surface area contributed by atoms with Gasteiger partial charge in [-0.25, -0.2) is 0 Å². The molecule has 1 N–H and O–H groups in total. The van der Waals surface area contributed by atoms with Crippen LogP contribution in [0, 0.1) is 4.91 Å². The third-order valence-corrected chi connectivity index (χ3v) is 1.72. The average molecular weight is 143 g/mol. The van der Waals surface area contributed by atoms with Crippen LogP contribution in [0.15, 0.2) is 5.18 Å². The van der Waals surface area contributed by atoms with Gasteiger partial charge in [0, 0.05) is 32.7 Å². The van der Waals surface area contributed by atoms with E-state index >= 15 is 0 Å². The molecule has 0 radical (unpaired) electrons. The van der Waals surface area contributed by atoms with E-state index in [1.165, 1.54) is 0 Å². The molecule has 0 spiro atoms. The quantitative estimate of drug-likeness (QED) is 0.550. The largest absolute Gasteiger partial charge is 0.314 e. The smallest absolute Gasteiger partial charge is 0.0938 e. The third-order valence-electron chi connectivity index (χ3n) is 1.72. The molecule has 0 atom stereocenters. The molecule has 4 nitrogen and oxygen atoms in total. The van der Waals surface area contributed by atoms with Gasteiger partial charge < -0.3 is 5.32 Å². The molecule has 1 aliphatic heterocycles. The second-order valence-corrected chi connectivity index (χ2v) is 2.44. The molecule has 1 saturated heterocycles. The van der Waals surface area contributed by atoms with Crippen molar-refractivity contribution in [1.29, 1.82) is 0 Å². The monoisotopic (exact) mass is 143 g/mol. The summed E-state index contributed by atoms with van der Waals surface area (Å²) in [7, 11) is 0. The van der Waals surface area contributed by atoms with Crippen molar-refractivity contribution in [2.45, 2.75) is 0 Å². The summed E-state index contributed by atoms with van der Waals surface area (Å²) in [5, 5.41) is 6.06. The highest BCUT2D eigenvalue weighted by Crippen LogP contribution is 1.90. The van der Waals surface area contributed by atoms with Crippen LogP contribution >= 0.6 is 0 Å². The summed E-state index contributed by atoms with van der Waals surface area (Å²) in [6.07, 6.45) is 0. The fourth-order valence-electron chi connectivity index (χ4n) is 1.12. The average Bonchev–Trinajstić information content (AvgIpc) is 2.03. The van der Waals surface area contributed by atoms with Crippen molar-refractivity contribution in [1.82, 2.24) is 10.2 Å². The maximum absolute atomic E-state index is 9.76. The summed E-state index contributed by atoms with van der Waals surface area (Å²) in [4.78, 5) is 12.0. The van der Waals surface area contributed by atoms with Crippen LogP contribution in [0.1, 0.15) is 0 Å². The fraction of sp³-hybridized carbons (Fsp3) is 1.00. The van der Waals surface area contributed by atoms with E-state index in [-0.39, 0.29) is 0 Å². The molecular weight excluding hydrogens is 130 g/mol. The second kappa shape index (κ2) is 4.35. The van der Waals surface area contributed by atoms with E-state index in [2.05, 4.69) is 15.4 Å². The molecule has 4 heteroatoms. The topological polar surface area (TPSA) is 44.7 Å². The van der Waals surface area contributed by atoms with Crippen molar-refractivity contribution in [3.63, 3.8) is 0 Å². The molecule has 58 valence electrons. The normalized spacial score (nSPS) is 20.8. The van der Waals surface area contributed by atoms with Gasteiger partial charge in [0.05, 0.1) is 6.54 Å². The highest BCUT2D eigenvalue weighted by Gasteiger charge is 2.07. The second-order valence-electron chi connectivity index (χ2n) is 2.44. The van der Waals surface area contributed by atoms with Crippen molar-refractivity contribution < 1.29 is 0 Å². The minimum atomic E-state index is 0.431. The van der Waals surface area contributed by atoms with E-state index in [0.29, 0.717) is 6.54 Å². The highest BCUT2D eigenvalue weighted by molar-refractivity contribution is 4.67. The molecule has 0 saturated carbocycles. The zero-order valence-corrected chi connectivity index (χ0v) is 6.05. The number of hydrogen-bond donors (Lipinski definition) is 1. The molecule has 0 bridgehead atoms. The van der Waals surface area contributed by atoms with E-state index in [9.17, 15) is 4.91 Å². The molecule has 10 heavy (non-hydrogen) atoms. The highest BCUT2D eigenvalue weighted by atomic mass is 16.3. The van der Waals surface area contributed by atoms with E-state index < -0.39 is 0 Å². The maximum Gasteiger partial charge on any atom is 0.0938 e. The van der Waals surface area contributed by atoms with Gasteiger partial charge in [0.15, 0.2) is 0 Å². The Morgan fingerprint density at radius 3 is 2.70 bits per heavy atom. The Bertz CT molecular complexity index is 101. The van der Waals surface area contributed by atoms with Gasteiger partial charge in [-0.05, 0) is 0 Å². The number of piperazine rings is 1. The molecule has 1 fully saturated rings. The van der Waals surface area contributed by atoms with Crippen LogP contribution < -0.4 is 5.32 Å². The predicted octanol–water partition coefficient (Wildman–Crippen LogP) is -0.342. The first kappa shape index (κ1) is 7.63. The lowest BCUT2D eigenvalue weighted by Crippen LogP contribution is -2.44. The molecule has 1 rings (SSSR count). The van der Waals surface area contributed by atoms with Crippen molar-refractivity contribution in [2.24, 2.45) is 5.18 Å². The van der Waals surface area contributed by atoms with Gasteiger partial charge in [0.2, 0.25) is 0 Å². The van der Waals surface area contributed by atoms with Crippen molar-refractivity contribution in [3.05, 3.63) is 4.91 Å². The number of nitrogens with one attached hydrogen (secondary N) is 1. The van der Waals surface area contributed by atoms with Gasteiger partial charge in [-0.3, -0.25) is 4.90 Å². The number of nitrogens with zero attached hydrogens (tertiary/aromatic N) is 2. The van der Waals surface area contributed by atoms with Crippen LogP contribution in [0.2, 0.25) is 0 Å². The fourth-order valence-corrected chi connectivity index (χ4v) is 1.12. The first-order valence-electron chi connectivity index (χ1n) is 3.65. The first-order chi connectivity index (χ1) is 4.93. The van der Waals surface area contributed by atoms with Crippen LogP contribution in [0.4, 0.5) is 0 Å². The third kappa shape index (κ3) is 2.41. The van der Waals surface area contributed by atoms with Gasteiger partial charge in [-0.15, -0.1) is 0 Å². The van der Waals surface area contributed by atoms with Crippen LogP contribution in [0.25, 0.3) is 0 Å². The molecule has 0 aliphatic carbocycles. The van der Waals surface area contributed by atoms with E-state index in [4.69, 9.17) is 0 Å². The molecule has 0 aromatic heterocycles. The Kier molecular flexibility index (Phi) is 3.32. The molecule has 0 aromatic carbocycles. The summed E-state index contributed by atoms with van der Waals surface area (Å²) in [5.74, 6) is 0.